The lowest BCUT2D eigenvalue weighted by molar-refractivity contribution is -0.192. The molecule has 2 atom stereocenters. The van der Waals surface area contributed by atoms with E-state index in [1.807, 2.05) is 19.1 Å². The number of methoxy groups -OCH3 is 1. The van der Waals surface area contributed by atoms with Gasteiger partial charge in [0.25, 0.3) is 0 Å². The zero-order chi connectivity index (χ0) is 23.4. The molecule has 0 bridgehead atoms. The van der Waals surface area contributed by atoms with E-state index < -0.39 is 22.2 Å². The Morgan fingerprint density at radius 2 is 1.90 bits per heavy atom. The smallest absolute Gasteiger partial charge is 0.475 e. The van der Waals surface area contributed by atoms with Crippen molar-refractivity contribution in [3.63, 3.8) is 0 Å². The summed E-state index contributed by atoms with van der Waals surface area (Å²) >= 11 is 0. The molecular formula is C20H29F3N2O5S. The van der Waals surface area contributed by atoms with Crippen LogP contribution in [-0.4, -0.2) is 81.3 Å². The molecule has 11 heteroatoms. The molecule has 0 unspecified atom stereocenters. The van der Waals surface area contributed by atoms with Crippen molar-refractivity contribution < 1.29 is 36.2 Å². The summed E-state index contributed by atoms with van der Waals surface area (Å²) in [5.74, 6) is -2.35. The molecule has 31 heavy (non-hydrogen) atoms. The van der Waals surface area contributed by atoms with E-state index in [1.165, 1.54) is 0 Å². The van der Waals surface area contributed by atoms with Crippen molar-refractivity contribution in [2.45, 2.75) is 31.3 Å². The molecule has 1 aromatic rings. The lowest BCUT2D eigenvalue weighted by Crippen LogP contribution is -2.38. The lowest BCUT2D eigenvalue weighted by atomic mass is 9.78. The Labute approximate surface area is 180 Å². The van der Waals surface area contributed by atoms with Crippen molar-refractivity contribution in [3.8, 4) is 0 Å². The largest absolute Gasteiger partial charge is 0.490 e. The zero-order valence-corrected chi connectivity index (χ0v) is 18.7. The summed E-state index contributed by atoms with van der Waals surface area (Å²) in [5.41, 5.74) is 0.843. The van der Waals surface area contributed by atoms with Gasteiger partial charge in [-0.2, -0.15) is 17.5 Å². The van der Waals surface area contributed by atoms with Crippen molar-refractivity contribution >= 4 is 16.0 Å². The van der Waals surface area contributed by atoms with Crippen molar-refractivity contribution in [1.29, 1.82) is 0 Å². The van der Waals surface area contributed by atoms with Gasteiger partial charge in [0, 0.05) is 44.6 Å². The second-order valence-electron chi connectivity index (χ2n) is 8.00. The van der Waals surface area contributed by atoms with Gasteiger partial charge in [-0.3, -0.25) is 0 Å². The molecule has 2 fully saturated rings. The van der Waals surface area contributed by atoms with Gasteiger partial charge >= 0.3 is 12.1 Å². The van der Waals surface area contributed by atoms with Crippen molar-refractivity contribution in [1.82, 2.24) is 9.21 Å². The van der Waals surface area contributed by atoms with E-state index in [1.54, 1.807) is 23.5 Å². The molecule has 2 aliphatic rings. The molecule has 1 N–H and O–H groups in total. The van der Waals surface area contributed by atoms with Crippen molar-refractivity contribution in [2.75, 3.05) is 46.4 Å². The minimum absolute atomic E-state index is 0.0295. The molecule has 176 valence electrons. The van der Waals surface area contributed by atoms with Crippen LogP contribution in [-0.2, 0) is 19.6 Å². The number of carboxylic acid groups (broad SMARTS) is 1. The van der Waals surface area contributed by atoms with Gasteiger partial charge in [0.1, 0.15) is 0 Å². The standard InChI is InChI=1S/C18H28N2O3S.C2HF3O2/c1-4-19-11-16(12-23-3)18(13-19)9-10-20(14-18)24(21,22)17-8-6-5-7-15(17)2;3-2(4,5)1(6)7/h5-8,16H,4,9-14H2,1-3H3;(H,6,7)/t16-,18+;/m0./s1. The predicted octanol–water partition coefficient (Wildman–Crippen LogP) is 2.61. The third-order valence-corrected chi connectivity index (χ3v) is 8.01. The van der Waals surface area contributed by atoms with Crippen LogP contribution in [0.25, 0.3) is 0 Å². The quantitative estimate of drug-likeness (QED) is 0.718. The SMILES string of the molecule is CCN1C[C@@H](COC)[C@]2(CCN(S(=O)(=O)c3ccccc3C)C2)C1.O=C(O)C(F)(F)F. The fourth-order valence-electron chi connectivity index (χ4n) is 4.32. The number of ether oxygens (including phenoxy) is 1. The van der Waals surface area contributed by atoms with Crippen molar-refractivity contribution in [2.24, 2.45) is 11.3 Å². The first-order valence-electron chi connectivity index (χ1n) is 9.94. The van der Waals surface area contributed by atoms with Gasteiger partial charge in [0.05, 0.1) is 11.5 Å². The number of carbonyl (C=O) groups is 1. The molecule has 1 aromatic carbocycles. The molecule has 0 saturated carbocycles. The van der Waals surface area contributed by atoms with Crippen LogP contribution >= 0.6 is 0 Å². The van der Waals surface area contributed by atoms with Crippen LogP contribution in [0.5, 0.6) is 0 Å². The Morgan fingerprint density at radius 3 is 2.42 bits per heavy atom. The summed E-state index contributed by atoms with van der Waals surface area (Å²) in [7, 11) is -1.69. The molecule has 0 amide bonds. The number of halogens is 3. The maximum absolute atomic E-state index is 13.1. The van der Waals surface area contributed by atoms with E-state index in [-0.39, 0.29) is 5.41 Å². The minimum atomic E-state index is -5.08. The number of hydrogen-bond donors (Lipinski definition) is 1. The van der Waals surface area contributed by atoms with Crippen LogP contribution in [0.1, 0.15) is 18.9 Å². The lowest BCUT2D eigenvalue weighted by Gasteiger charge is -2.30. The van der Waals surface area contributed by atoms with Gasteiger partial charge in [-0.25, -0.2) is 13.2 Å². The summed E-state index contributed by atoms with van der Waals surface area (Å²) in [6, 6.07) is 7.26. The van der Waals surface area contributed by atoms with Crippen LogP contribution in [0.2, 0.25) is 0 Å². The molecule has 0 aromatic heterocycles. The number of hydrogen-bond acceptors (Lipinski definition) is 5. The predicted molar refractivity (Wildman–Crippen MR) is 108 cm³/mol. The van der Waals surface area contributed by atoms with E-state index in [0.717, 1.165) is 31.6 Å². The molecule has 1 spiro atoms. The fourth-order valence-corrected chi connectivity index (χ4v) is 6.09. The Kier molecular flexibility index (Phi) is 8.12. The number of sulfonamides is 1. The van der Waals surface area contributed by atoms with Gasteiger partial charge in [-0.1, -0.05) is 25.1 Å². The first-order chi connectivity index (χ1) is 14.4. The van der Waals surface area contributed by atoms with Gasteiger partial charge < -0.3 is 14.7 Å². The normalized spacial score (nSPS) is 24.9. The Morgan fingerprint density at radius 1 is 1.29 bits per heavy atom. The highest BCUT2D eigenvalue weighted by Crippen LogP contribution is 2.45. The average Bonchev–Trinajstić information content (AvgIpc) is 3.27. The molecule has 0 aliphatic carbocycles. The van der Waals surface area contributed by atoms with Crippen LogP contribution in [0.4, 0.5) is 13.2 Å². The number of rotatable bonds is 5. The second-order valence-corrected chi connectivity index (χ2v) is 9.91. The number of aliphatic carboxylic acids is 1. The summed E-state index contributed by atoms with van der Waals surface area (Å²) in [6.07, 6.45) is -4.16. The van der Waals surface area contributed by atoms with Gasteiger partial charge in [0.15, 0.2) is 0 Å². The van der Waals surface area contributed by atoms with Gasteiger partial charge in [0.2, 0.25) is 10.0 Å². The molecule has 3 rings (SSSR count). The average molecular weight is 467 g/mol. The molecule has 0 radical (unpaired) electrons. The molecule has 2 heterocycles. The summed E-state index contributed by atoms with van der Waals surface area (Å²) in [4.78, 5) is 11.8. The Bertz CT molecular complexity index is 878. The number of aryl methyl sites for hydroxylation is 1. The highest BCUT2D eigenvalue weighted by Gasteiger charge is 2.52. The molecular weight excluding hydrogens is 437 g/mol. The maximum atomic E-state index is 13.1. The number of alkyl halides is 3. The Balaban J connectivity index is 0.000000423. The first-order valence-corrected chi connectivity index (χ1v) is 11.4. The number of likely N-dealkylation sites (tertiary alicyclic amines) is 1. The first kappa shape index (κ1) is 25.6. The third kappa shape index (κ3) is 5.76. The van der Waals surface area contributed by atoms with Crippen LogP contribution in [0.15, 0.2) is 29.2 Å². The number of nitrogens with zero attached hydrogens (tertiary/aromatic N) is 2. The van der Waals surface area contributed by atoms with Gasteiger partial charge in [-0.15, -0.1) is 0 Å². The van der Waals surface area contributed by atoms with Crippen molar-refractivity contribution in [3.05, 3.63) is 29.8 Å². The third-order valence-electron chi connectivity index (χ3n) is 6.00. The summed E-state index contributed by atoms with van der Waals surface area (Å²) < 4.78 is 65.0. The molecule has 2 saturated heterocycles. The number of carboxylic acids is 1. The van der Waals surface area contributed by atoms with Crippen LogP contribution < -0.4 is 0 Å². The molecule has 7 nitrogen and oxygen atoms in total. The highest BCUT2D eigenvalue weighted by molar-refractivity contribution is 7.89. The number of benzene rings is 1. The topological polar surface area (TPSA) is 87.2 Å². The van der Waals surface area contributed by atoms with E-state index >= 15 is 0 Å². The van der Waals surface area contributed by atoms with Crippen LogP contribution in [0.3, 0.4) is 0 Å². The van der Waals surface area contributed by atoms with E-state index in [9.17, 15) is 21.6 Å². The maximum Gasteiger partial charge on any atom is 0.490 e. The van der Waals surface area contributed by atoms with E-state index in [4.69, 9.17) is 14.6 Å². The summed E-state index contributed by atoms with van der Waals surface area (Å²) in [6.45, 7) is 8.92. The highest BCUT2D eigenvalue weighted by atomic mass is 32.2. The summed E-state index contributed by atoms with van der Waals surface area (Å²) in [5, 5.41) is 7.12. The van der Waals surface area contributed by atoms with E-state index in [0.29, 0.717) is 30.5 Å². The zero-order valence-electron chi connectivity index (χ0n) is 17.9. The van der Waals surface area contributed by atoms with Crippen LogP contribution in [0, 0.1) is 18.3 Å². The monoisotopic (exact) mass is 466 g/mol. The van der Waals surface area contributed by atoms with E-state index in [2.05, 4.69) is 11.8 Å². The fraction of sp³-hybridized carbons (Fsp3) is 0.650. The molecule has 2 aliphatic heterocycles. The van der Waals surface area contributed by atoms with Gasteiger partial charge in [-0.05, 0) is 31.5 Å². The minimum Gasteiger partial charge on any atom is -0.475 e. The second kappa shape index (κ2) is 9.85. The Hall–Kier alpha value is -1.69.